The highest BCUT2D eigenvalue weighted by atomic mass is 16.3. The molecule has 0 amide bonds. The number of benzene rings is 1. The summed E-state index contributed by atoms with van der Waals surface area (Å²) in [5, 5.41) is 9.41. The van der Waals surface area contributed by atoms with Gasteiger partial charge in [0.1, 0.15) is 0 Å². The quantitative estimate of drug-likeness (QED) is 0.812. The van der Waals surface area contributed by atoms with Crippen LogP contribution in [-0.4, -0.2) is 15.9 Å². The second-order valence-corrected chi connectivity index (χ2v) is 5.29. The van der Waals surface area contributed by atoms with Gasteiger partial charge in [0.25, 0.3) is 0 Å². The molecule has 0 atom stereocenters. The third-order valence-electron chi connectivity index (χ3n) is 3.78. The van der Waals surface area contributed by atoms with Crippen LogP contribution in [-0.2, 0) is 0 Å². The summed E-state index contributed by atoms with van der Waals surface area (Å²) in [6.45, 7) is 1.57. The Labute approximate surface area is 123 Å². The highest BCUT2D eigenvalue weighted by molar-refractivity contribution is 5.94. The number of carbonyl (C=O) groups is 1. The number of aliphatic hydroxyl groups excluding tert-OH is 1. The monoisotopic (exact) mass is 279 g/mol. The van der Waals surface area contributed by atoms with E-state index in [9.17, 15) is 9.90 Å². The third kappa shape index (κ3) is 2.82. The SMILES string of the molecule is CC(=O)c1ccc(-c2cc(C3=CC=C(O)CC3)c[nH]2)cc1. The van der Waals surface area contributed by atoms with E-state index in [1.54, 1.807) is 13.0 Å². The minimum atomic E-state index is 0.0766. The zero-order valence-corrected chi connectivity index (χ0v) is 11.9. The van der Waals surface area contributed by atoms with Crippen molar-refractivity contribution in [2.24, 2.45) is 0 Å². The van der Waals surface area contributed by atoms with E-state index in [1.165, 1.54) is 5.57 Å². The van der Waals surface area contributed by atoms with Crippen LogP contribution >= 0.6 is 0 Å². The van der Waals surface area contributed by atoms with Crippen molar-refractivity contribution in [1.29, 1.82) is 0 Å². The molecule has 1 aromatic carbocycles. The molecule has 0 saturated carbocycles. The lowest BCUT2D eigenvalue weighted by Crippen LogP contribution is -1.91. The van der Waals surface area contributed by atoms with Gasteiger partial charge < -0.3 is 10.1 Å². The predicted molar refractivity (Wildman–Crippen MR) is 84.2 cm³/mol. The maximum absolute atomic E-state index is 11.3. The Balaban J connectivity index is 1.86. The number of aromatic nitrogens is 1. The molecule has 0 saturated heterocycles. The Morgan fingerprint density at radius 3 is 2.48 bits per heavy atom. The van der Waals surface area contributed by atoms with Gasteiger partial charge in [0, 0.05) is 23.9 Å². The van der Waals surface area contributed by atoms with Crippen LogP contribution in [0.25, 0.3) is 16.8 Å². The van der Waals surface area contributed by atoms with E-state index >= 15 is 0 Å². The Morgan fingerprint density at radius 2 is 1.86 bits per heavy atom. The summed E-state index contributed by atoms with van der Waals surface area (Å²) in [5.41, 5.74) is 5.17. The molecule has 21 heavy (non-hydrogen) atoms. The molecule has 1 aliphatic rings. The number of rotatable bonds is 3. The Kier molecular flexibility index (Phi) is 3.48. The summed E-state index contributed by atoms with van der Waals surface area (Å²) in [6, 6.07) is 9.70. The first-order chi connectivity index (χ1) is 10.1. The van der Waals surface area contributed by atoms with Crippen LogP contribution in [0.5, 0.6) is 0 Å². The first-order valence-electron chi connectivity index (χ1n) is 7.02. The van der Waals surface area contributed by atoms with E-state index in [2.05, 4.69) is 11.1 Å². The number of ketones is 1. The lowest BCUT2D eigenvalue weighted by molar-refractivity contribution is 0.101. The second kappa shape index (κ2) is 5.44. The van der Waals surface area contributed by atoms with Gasteiger partial charge in [0.05, 0.1) is 5.76 Å². The Morgan fingerprint density at radius 1 is 1.10 bits per heavy atom. The van der Waals surface area contributed by atoms with Gasteiger partial charge in [-0.25, -0.2) is 0 Å². The maximum Gasteiger partial charge on any atom is 0.159 e. The van der Waals surface area contributed by atoms with Gasteiger partial charge in [-0.15, -0.1) is 0 Å². The second-order valence-electron chi connectivity index (χ2n) is 5.29. The number of H-pyrrole nitrogens is 1. The van der Waals surface area contributed by atoms with E-state index < -0.39 is 0 Å². The fourth-order valence-corrected chi connectivity index (χ4v) is 2.50. The molecule has 1 heterocycles. The van der Waals surface area contributed by atoms with Gasteiger partial charge in [-0.05, 0) is 42.2 Å². The maximum atomic E-state index is 11.3. The number of Topliss-reactive ketones (excluding diaryl/α,β-unsaturated/α-hetero) is 1. The van der Waals surface area contributed by atoms with Crippen molar-refractivity contribution in [1.82, 2.24) is 4.98 Å². The Bertz CT molecular complexity index is 733. The number of aliphatic hydroxyl groups is 1. The minimum absolute atomic E-state index is 0.0766. The normalized spacial score (nSPS) is 14.5. The van der Waals surface area contributed by atoms with Gasteiger partial charge in [0.2, 0.25) is 0 Å². The van der Waals surface area contributed by atoms with E-state index in [1.807, 2.05) is 36.5 Å². The molecule has 106 valence electrons. The van der Waals surface area contributed by atoms with Gasteiger partial charge in [-0.1, -0.05) is 30.3 Å². The van der Waals surface area contributed by atoms with Gasteiger partial charge in [-0.3, -0.25) is 4.79 Å². The summed E-state index contributed by atoms with van der Waals surface area (Å²) in [7, 11) is 0. The molecule has 3 rings (SSSR count). The first kappa shape index (κ1) is 13.4. The van der Waals surface area contributed by atoms with Gasteiger partial charge in [-0.2, -0.15) is 0 Å². The smallest absolute Gasteiger partial charge is 0.159 e. The van der Waals surface area contributed by atoms with E-state index in [-0.39, 0.29) is 5.78 Å². The lowest BCUT2D eigenvalue weighted by Gasteiger charge is -2.09. The number of hydrogen-bond acceptors (Lipinski definition) is 2. The molecule has 3 heteroatoms. The van der Waals surface area contributed by atoms with Crippen molar-refractivity contribution in [3.05, 3.63) is 65.6 Å². The van der Waals surface area contributed by atoms with E-state index in [4.69, 9.17) is 0 Å². The van der Waals surface area contributed by atoms with Gasteiger partial charge >= 0.3 is 0 Å². The predicted octanol–water partition coefficient (Wildman–Crippen LogP) is 4.50. The molecule has 0 unspecified atom stereocenters. The van der Waals surface area contributed by atoms with Crippen LogP contribution in [0, 0.1) is 0 Å². The fraction of sp³-hybridized carbons (Fsp3) is 0.167. The molecule has 0 fully saturated rings. The molecule has 1 aliphatic carbocycles. The minimum Gasteiger partial charge on any atom is -0.512 e. The molecule has 2 N–H and O–H groups in total. The standard InChI is InChI=1S/C18H17NO2/c1-12(20)13-2-4-15(5-3-13)18-10-16(11-19-18)14-6-8-17(21)9-7-14/h2-6,8,10-11,19,21H,7,9H2,1H3. The molecule has 0 bridgehead atoms. The highest BCUT2D eigenvalue weighted by Crippen LogP contribution is 2.29. The van der Waals surface area contributed by atoms with Crippen LogP contribution in [0.15, 0.2) is 54.4 Å². The molecule has 3 nitrogen and oxygen atoms in total. The zero-order chi connectivity index (χ0) is 14.8. The molecular weight excluding hydrogens is 262 g/mol. The van der Waals surface area contributed by atoms with Crippen molar-refractivity contribution >= 4 is 11.4 Å². The molecule has 1 aromatic heterocycles. The van der Waals surface area contributed by atoms with Crippen LogP contribution in [0.3, 0.4) is 0 Å². The van der Waals surface area contributed by atoms with Crippen LogP contribution in [0.4, 0.5) is 0 Å². The van der Waals surface area contributed by atoms with Gasteiger partial charge in [0.15, 0.2) is 5.78 Å². The Hall–Kier alpha value is -2.55. The van der Waals surface area contributed by atoms with Crippen molar-refractivity contribution in [2.75, 3.05) is 0 Å². The van der Waals surface area contributed by atoms with Crippen LogP contribution in [0.1, 0.15) is 35.7 Å². The largest absolute Gasteiger partial charge is 0.512 e. The number of nitrogens with one attached hydrogen (secondary N) is 1. The summed E-state index contributed by atoms with van der Waals surface area (Å²) in [4.78, 5) is 14.6. The highest BCUT2D eigenvalue weighted by Gasteiger charge is 2.10. The van der Waals surface area contributed by atoms with Crippen molar-refractivity contribution in [3.8, 4) is 11.3 Å². The van der Waals surface area contributed by atoms with Crippen LogP contribution in [0.2, 0.25) is 0 Å². The average molecular weight is 279 g/mol. The summed E-state index contributed by atoms with van der Waals surface area (Å²) < 4.78 is 0. The third-order valence-corrected chi connectivity index (χ3v) is 3.78. The molecule has 0 spiro atoms. The van der Waals surface area contributed by atoms with E-state index in [0.29, 0.717) is 12.2 Å². The van der Waals surface area contributed by atoms with Crippen LogP contribution < -0.4 is 0 Å². The summed E-state index contributed by atoms with van der Waals surface area (Å²) in [5.74, 6) is 0.516. The molecule has 2 aromatic rings. The average Bonchev–Trinajstić information content (AvgIpc) is 2.98. The van der Waals surface area contributed by atoms with Crippen molar-refractivity contribution in [2.45, 2.75) is 19.8 Å². The van der Waals surface area contributed by atoms with E-state index in [0.717, 1.165) is 28.8 Å². The first-order valence-corrected chi connectivity index (χ1v) is 7.02. The molecule has 0 radical (unpaired) electrons. The summed E-state index contributed by atoms with van der Waals surface area (Å²) in [6.07, 6.45) is 7.25. The summed E-state index contributed by atoms with van der Waals surface area (Å²) >= 11 is 0. The number of carbonyl (C=O) groups excluding carboxylic acids is 1. The lowest BCUT2D eigenvalue weighted by atomic mass is 9.98. The number of allylic oxidation sites excluding steroid dienone is 4. The fourth-order valence-electron chi connectivity index (χ4n) is 2.50. The number of hydrogen-bond donors (Lipinski definition) is 2. The van der Waals surface area contributed by atoms with Crippen molar-refractivity contribution in [3.63, 3.8) is 0 Å². The topological polar surface area (TPSA) is 53.1 Å². The number of aromatic amines is 1. The molecule has 0 aliphatic heterocycles. The van der Waals surface area contributed by atoms with Crippen molar-refractivity contribution < 1.29 is 9.90 Å². The molecular formula is C18H17NO2. The zero-order valence-electron chi connectivity index (χ0n) is 11.9.